The number of aromatic nitrogens is 3. The van der Waals surface area contributed by atoms with Gasteiger partial charge < -0.3 is 5.11 Å². The molecule has 1 aromatic carbocycles. The predicted octanol–water partition coefficient (Wildman–Crippen LogP) is 2.48. The monoisotopic (exact) mass is 273 g/mol. The van der Waals surface area contributed by atoms with Gasteiger partial charge in [0.15, 0.2) is 0 Å². The number of aliphatic hydroxyl groups is 1. The summed E-state index contributed by atoms with van der Waals surface area (Å²) in [6.07, 6.45) is 3.73. The summed E-state index contributed by atoms with van der Waals surface area (Å²) in [5, 5.41) is 18.8. The molecule has 1 unspecified atom stereocenters. The molecule has 0 amide bonds. The lowest BCUT2D eigenvalue weighted by atomic mass is 9.70. The molecular weight excluding hydrogens is 250 g/mol. The van der Waals surface area contributed by atoms with Crippen molar-refractivity contribution in [2.24, 2.45) is 7.05 Å². The largest absolute Gasteiger partial charge is 0.392 e. The van der Waals surface area contributed by atoms with Crippen LogP contribution in [0.15, 0.2) is 36.5 Å². The molecule has 0 radical (unpaired) electrons. The highest BCUT2D eigenvalue weighted by molar-refractivity contribution is 5.27. The van der Waals surface area contributed by atoms with Crippen molar-refractivity contribution in [2.45, 2.75) is 44.6 Å². The van der Waals surface area contributed by atoms with Crippen molar-refractivity contribution in [2.75, 3.05) is 0 Å². The third-order valence-electron chi connectivity index (χ3n) is 4.30. The number of aryl methyl sites for hydroxylation is 1. The Kier molecular flexibility index (Phi) is 4.55. The van der Waals surface area contributed by atoms with E-state index < -0.39 is 6.10 Å². The minimum Gasteiger partial charge on any atom is -0.392 e. The predicted molar refractivity (Wildman–Crippen MR) is 79.4 cm³/mol. The van der Waals surface area contributed by atoms with Crippen molar-refractivity contribution in [3.8, 4) is 0 Å². The molecule has 0 fully saturated rings. The highest BCUT2D eigenvalue weighted by atomic mass is 16.3. The van der Waals surface area contributed by atoms with E-state index in [1.165, 1.54) is 5.56 Å². The zero-order valence-electron chi connectivity index (χ0n) is 12.5. The Morgan fingerprint density at radius 1 is 1.20 bits per heavy atom. The number of hydrogen-bond donors (Lipinski definition) is 1. The zero-order chi connectivity index (χ0) is 14.6. The van der Waals surface area contributed by atoms with Crippen LogP contribution in [-0.4, -0.2) is 26.2 Å². The van der Waals surface area contributed by atoms with Crippen LogP contribution < -0.4 is 0 Å². The molecule has 0 aliphatic carbocycles. The van der Waals surface area contributed by atoms with Crippen LogP contribution in [-0.2, 0) is 18.9 Å². The van der Waals surface area contributed by atoms with Crippen molar-refractivity contribution >= 4 is 0 Å². The van der Waals surface area contributed by atoms with Crippen molar-refractivity contribution in [1.82, 2.24) is 15.0 Å². The Labute approximate surface area is 120 Å². The first-order chi connectivity index (χ1) is 9.62. The minimum atomic E-state index is -0.461. The van der Waals surface area contributed by atoms with E-state index in [1.807, 2.05) is 31.4 Å². The highest BCUT2D eigenvalue weighted by Crippen LogP contribution is 2.36. The van der Waals surface area contributed by atoms with Gasteiger partial charge in [0.05, 0.1) is 11.8 Å². The SMILES string of the molecule is CCC(CC)(c1ccccc1)C(O)Cc1cn(C)nn1. The molecule has 4 nitrogen and oxygen atoms in total. The van der Waals surface area contributed by atoms with Gasteiger partial charge in [-0.15, -0.1) is 5.10 Å². The van der Waals surface area contributed by atoms with Gasteiger partial charge in [0.2, 0.25) is 0 Å². The lowest BCUT2D eigenvalue weighted by molar-refractivity contribution is 0.0725. The van der Waals surface area contributed by atoms with Crippen molar-refractivity contribution in [3.63, 3.8) is 0 Å². The fourth-order valence-corrected chi connectivity index (χ4v) is 2.97. The van der Waals surface area contributed by atoms with Crippen LogP contribution >= 0.6 is 0 Å². The summed E-state index contributed by atoms with van der Waals surface area (Å²) in [5.41, 5.74) is 1.81. The number of benzene rings is 1. The summed E-state index contributed by atoms with van der Waals surface area (Å²) in [5.74, 6) is 0. The van der Waals surface area contributed by atoms with Gasteiger partial charge in [-0.05, 0) is 18.4 Å². The molecule has 108 valence electrons. The Hall–Kier alpha value is -1.68. The minimum absolute atomic E-state index is 0.223. The molecule has 0 saturated heterocycles. The Balaban J connectivity index is 2.28. The van der Waals surface area contributed by atoms with Crippen LogP contribution in [0.1, 0.15) is 37.9 Å². The van der Waals surface area contributed by atoms with Gasteiger partial charge in [0.1, 0.15) is 0 Å². The van der Waals surface area contributed by atoms with Gasteiger partial charge in [-0.3, -0.25) is 4.68 Å². The molecule has 1 N–H and O–H groups in total. The average Bonchev–Trinajstić information content (AvgIpc) is 2.87. The van der Waals surface area contributed by atoms with Crippen molar-refractivity contribution < 1.29 is 5.11 Å². The van der Waals surface area contributed by atoms with Crippen molar-refractivity contribution in [3.05, 3.63) is 47.8 Å². The van der Waals surface area contributed by atoms with E-state index in [0.717, 1.165) is 18.5 Å². The average molecular weight is 273 g/mol. The second-order valence-electron chi connectivity index (χ2n) is 5.33. The molecular formula is C16H23N3O. The van der Waals surface area contributed by atoms with Crippen molar-refractivity contribution in [1.29, 1.82) is 0 Å². The van der Waals surface area contributed by atoms with E-state index in [4.69, 9.17) is 0 Å². The van der Waals surface area contributed by atoms with Crippen LogP contribution in [0, 0.1) is 0 Å². The quantitative estimate of drug-likeness (QED) is 0.879. The zero-order valence-corrected chi connectivity index (χ0v) is 12.5. The summed E-state index contributed by atoms with van der Waals surface area (Å²) in [6.45, 7) is 4.27. The first-order valence-corrected chi connectivity index (χ1v) is 7.21. The molecule has 0 aliphatic rings. The van der Waals surface area contributed by atoms with E-state index in [9.17, 15) is 5.11 Å². The molecule has 0 spiro atoms. The van der Waals surface area contributed by atoms with Crippen LogP contribution in [0.3, 0.4) is 0 Å². The molecule has 1 heterocycles. The van der Waals surface area contributed by atoms with Crippen LogP contribution in [0.2, 0.25) is 0 Å². The molecule has 1 aromatic heterocycles. The molecule has 2 rings (SSSR count). The van der Waals surface area contributed by atoms with Gasteiger partial charge in [-0.25, -0.2) is 0 Å². The third-order valence-corrected chi connectivity index (χ3v) is 4.30. The second-order valence-corrected chi connectivity index (χ2v) is 5.33. The summed E-state index contributed by atoms with van der Waals surface area (Å²) in [7, 11) is 1.84. The van der Waals surface area contributed by atoms with E-state index in [2.05, 4.69) is 36.3 Å². The summed E-state index contributed by atoms with van der Waals surface area (Å²) >= 11 is 0. The summed E-state index contributed by atoms with van der Waals surface area (Å²) in [4.78, 5) is 0. The summed E-state index contributed by atoms with van der Waals surface area (Å²) in [6, 6.07) is 10.3. The Morgan fingerprint density at radius 3 is 2.35 bits per heavy atom. The van der Waals surface area contributed by atoms with Crippen LogP contribution in [0.25, 0.3) is 0 Å². The van der Waals surface area contributed by atoms with Gasteiger partial charge in [0.25, 0.3) is 0 Å². The molecule has 0 bridgehead atoms. The number of hydrogen-bond acceptors (Lipinski definition) is 3. The highest BCUT2D eigenvalue weighted by Gasteiger charge is 2.36. The van der Waals surface area contributed by atoms with E-state index >= 15 is 0 Å². The normalized spacial score (nSPS) is 13.4. The Bertz CT molecular complexity index is 532. The molecule has 0 saturated carbocycles. The maximum absolute atomic E-state index is 10.8. The van der Waals surface area contributed by atoms with Gasteiger partial charge in [0, 0.05) is 25.1 Å². The molecule has 4 heteroatoms. The van der Waals surface area contributed by atoms with Gasteiger partial charge >= 0.3 is 0 Å². The van der Waals surface area contributed by atoms with Gasteiger partial charge in [-0.1, -0.05) is 49.4 Å². The summed E-state index contributed by atoms with van der Waals surface area (Å²) < 4.78 is 1.67. The standard InChI is InChI=1S/C16H23N3O/c1-4-16(5-2,13-9-7-6-8-10-13)15(20)11-14-12-19(3)18-17-14/h6-10,12,15,20H,4-5,11H2,1-3H3. The molecule has 1 atom stereocenters. The van der Waals surface area contributed by atoms with Crippen LogP contribution in [0.5, 0.6) is 0 Å². The first-order valence-electron chi connectivity index (χ1n) is 7.21. The molecule has 0 aliphatic heterocycles. The lowest BCUT2D eigenvalue weighted by Gasteiger charge is -2.37. The first kappa shape index (κ1) is 14.7. The topological polar surface area (TPSA) is 50.9 Å². The number of rotatable bonds is 6. The third kappa shape index (κ3) is 2.75. The van der Waals surface area contributed by atoms with E-state index in [0.29, 0.717) is 6.42 Å². The lowest BCUT2D eigenvalue weighted by Crippen LogP contribution is -2.40. The smallest absolute Gasteiger partial charge is 0.0853 e. The molecule has 2 aromatic rings. The maximum atomic E-state index is 10.8. The second kappa shape index (κ2) is 6.18. The Morgan fingerprint density at radius 2 is 1.85 bits per heavy atom. The molecule has 20 heavy (non-hydrogen) atoms. The van der Waals surface area contributed by atoms with E-state index in [-0.39, 0.29) is 5.41 Å². The van der Waals surface area contributed by atoms with Crippen LogP contribution in [0.4, 0.5) is 0 Å². The maximum Gasteiger partial charge on any atom is 0.0853 e. The number of nitrogens with zero attached hydrogens (tertiary/aromatic N) is 3. The van der Waals surface area contributed by atoms with E-state index in [1.54, 1.807) is 4.68 Å². The fourth-order valence-electron chi connectivity index (χ4n) is 2.97. The number of aliphatic hydroxyl groups excluding tert-OH is 1. The van der Waals surface area contributed by atoms with Gasteiger partial charge in [-0.2, -0.15) is 0 Å². The fraction of sp³-hybridized carbons (Fsp3) is 0.500.